The van der Waals surface area contributed by atoms with Crippen molar-refractivity contribution in [2.24, 2.45) is 57.8 Å². The quantitative estimate of drug-likeness (QED) is 0.273. The molecule has 6 aliphatic carbocycles. The molecule has 0 spiro atoms. The first-order valence-electron chi connectivity index (χ1n) is 17.5. The molecule has 2 heterocycles. The molecule has 0 aromatic carbocycles. The zero-order valence-electron chi connectivity index (χ0n) is 30.7. The van der Waals surface area contributed by atoms with E-state index in [0.717, 1.165) is 51.4 Å². The Kier molecular flexibility index (Phi) is 12.3. The Labute approximate surface area is 279 Å². The zero-order valence-corrected chi connectivity index (χ0v) is 30.7. The van der Waals surface area contributed by atoms with E-state index in [1.165, 1.54) is 12.8 Å². The highest BCUT2D eigenvalue weighted by atomic mass is 16.7. The number of aliphatic carboxylic acids is 2. The second-order valence-electron chi connectivity index (χ2n) is 17.3. The molecule has 8 fully saturated rings. The van der Waals surface area contributed by atoms with Crippen LogP contribution in [0.3, 0.4) is 0 Å². The van der Waals surface area contributed by atoms with Gasteiger partial charge in [0.25, 0.3) is 11.9 Å². The van der Waals surface area contributed by atoms with Crippen molar-refractivity contribution in [1.29, 1.82) is 0 Å². The van der Waals surface area contributed by atoms with E-state index in [9.17, 15) is 0 Å². The summed E-state index contributed by atoms with van der Waals surface area (Å²) in [6.07, 6.45) is 7.33. The van der Waals surface area contributed by atoms with Crippen molar-refractivity contribution in [3.63, 3.8) is 0 Å². The van der Waals surface area contributed by atoms with Crippen molar-refractivity contribution in [2.75, 3.05) is 0 Å². The van der Waals surface area contributed by atoms with Crippen LogP contribution >= 0.6 is 0 Å². The third-order valence-corrected chi connectivity index (χ3v) is 12.1. The monoisotopic (exact) mass is 650 g/mol. The predicted molar refractivity (Wildman–Crippen MR) is 182 cm³/mol. The summed E-state index contributed by atoms with van der Waals surface area (Å²) in [7, 11) is -0.403. The van der Waals surface area contributed by atoms with Crippen LogP contribution in [-0.4, -0.2) is 71.7 Å². The molecule has 8 aliphatic rings. The minimum absolute atomic E-state index is 0.00253. The first kappa shape index (κ1) is 39.3. The molecule has 10 atom stereocenters. The first-order chi connectivity index (χ1) is 21.0. The molecule has 6 N–H and O–H groups in total. The molecule has 46 heavy (non-hydrogen) atoms. The van der Waals surface area contributed by atoms with E-state index in [4.69, 9.17) is 49.9 Å². The molecule has 0 aromatic rings. The lowest BCUT2D eigenvalue weighted by molar-refractivity contribution is -0.199. The maximum Gasteiger partial charge on any atom is 0.475 e. The van der Waals surface area contributed by atoms with Crippen LogP contribution in [0.1, 0.15) is 122 Å². The second kappa shape index (κ2) is 14.4. The fourth-order valence-electron chi connectivity index (χ4n) is 9.48. The average molecular weight is 651 g/mol. The van der Waals surface area contributed by atoms with Crippen molar-refractivity contribution < 1.29 is 38.4 Å². The maximum atomic E-state index is 9.00. The summed E-state index contributed by atoms with van der Waals surface area (Å²) in [6, 6.07) is 0. The normalized spacial score (nSPS) is 38.3. The number of carbonyl (C=O) groups is 2. The van der Waals surface area contributed by atoms with Crippen LogP contribution in [0.5, 0.6) is 0 Å². The fourth-order valence-corrected chi connectivity index (χ4v) is 9.48. The second-order valence-corrected chi connectivity index (χ2v) is 17.3. The van der Waals surface area contributed by atoms with Crippen LogP contribution < -0.4 is 11.5 Å². The van der Waals surface area contributed by atoms with Crippen LogP contribution in [-0.2, 0) is 28.2 Å². The van der Waals surface area contributed by atoms with E-state index in [2.05, 4.69) is 69.2 Å². The molecule has 6 saturated carbocycles. The lowest BCUT2D eigenvalue weighted by atomic mass is 9.43. The highest BCUT2D eigenvalue weighted by Crippen LogP contribution is 2.67. The van der Waals surface area contributed by atoms with Gasteiger partial charge in [0.1, 0.15) is 0 Å². The highest BCUT2D eigenvalue weighted by molar-refractivity contribution is 6.47. The Morgan fingerprint density at radius 2 is 0.957 bits per heavy atom. The third-order valence-electron chi connectivity index (χ3n) is 12.1. The summed E-state index contributed by atoms with van der Waals surface area (Å²) in [4.78, 5) is 18.0. The molecule has 0 unspecified atom stereocenters. The summed E-state index contributed by atoms with van der Waals surface area (Å²) in [5.41, 5.74) is 13.1. The Hall–Kier alpha value is -1.17. The topological polar surface area (TPSA) is 164 Å². The zero-order chi connectivity index (χ0) is 35.2. The summed E-state index contributed by atoms with van der Waals surface area (Å²) < 4.78 is 25.1. The van der Waals surface area contributed by atoms with Gasteiger partial charge in [0.15, 0.2) is 0 Å². The Morgan fingerprint density at radius 1 is 0.674 bits per heavy atom. The number of hydrogen-bond donors (Lipinski definition) is 4. The Balaban J connectivity index is 0.000000204. The Morgan fingerprint density at radius 3 is 1.20 bits per heavy atom. The van der Waals surface area contributed by atoms with E-state index in [-0.39, 0.29) is 49.5 Å². The van der Waals surface area contributed by atoms with Gasteiger partial charge in [-0.05, 0) is 98.7 Å². The van der Waals surface area contributed by atoms with Crippen molar-refractivity contribution in [2.45, 2.75) is 157 Å². The minimum atomic E-state index is -0.833. The van der Waals surface area contributed by atoms with Gasteiger partial charge in [0.05, 0.1) is 23.4 Å². The number of hydrogen-bond acceptors (Lipinski definition) is 8. The summed E-state index contributed by atoms with van der Waals surface area (Å²) in [5.74, 6) is 2.37. The number of carboxylic acids is 2. The smallest absolute Gasteiger partial charge is 0.475 e. The standard InChI is InChI=1S/2C15H28BNO2.2C2H4O2/c2*1-9(2)6-13(17)16-18-12-8-10-7-11(14(10,3)4)15(12,5)19-16;2*1-2(3)4/h2*9-13H,6-8,17H2,1-5H3;2*1H3,(H,3,4)/t10-,11-,12+,13+,15-;10-,11-,12+,13-,15-;;/m00../s1. The minimum Gasteiger partial charge on any atom is -0.481 e. The van der Waals surface area contributed by atoms with E-state index >= 15 is 0 Å². The van der Waals surface area contributed by atoms with Crippen LogP contribution in [0.2, 0.25) is 0 Å². The summed E-state index contributed by atoms with van der Waals surface area (Å²) in [5, 5.41) is 14.8. The summed E-state index contributed by atoms with van der Waals surface area (Å²) in [6.45, 7) is 25.0. The predicted octanol–water partition coefficient (Wildman–Crippen LogP) is 5.44. The number of rotatable bonds is 6. The SMILES string of the molecule is CC(=O)O.CC(=O)O.CC(C)C[C@@H](N)B1O[C@@H]2C[C@@H]3C[C@@H](C3(C)C)[C@]2(C)O1.CC(C)C[C@H](N)B1O[C@@H]2C[C@@H]3C[C@@H](C3(C)C)[C@]2(C)O1. The molecule has 2 saturated heterocycles. The third kappa shape index (κ3) is 7.99. The fraction of sp³-hybridized carbons (Fsp3) is 0.941. The van der Waals surface area contributed by atoms with Gasteiger partial charge >= 0.3 is 14.2 Å². The van der Waals surface area contributed by atoms with Gasteiger partial charge in [-0.25, -0.2) is 0 Å². The van der Waals surface area contributed by atoms with E-state index in [1.807, 2.05) is 0 Å². The van der Waals surface area contributed by atoms with Crippen LogP contribution in [0.25, 0.3) is 0 Å². The van der Waals surface area contributed by atoms with Gasteiger partial charge in [-0.3, -0.25) is 9.59 Å². The average Bonchev–Trinajstić information content (AvgIpc) is 3.44. The molecule has 10 nitrogen and oxygen atoms in total. The van der Waals surface area contributed by atoms with Gasteiger partial charge in [-0.2, -0.15) is 0 Å². The molecule has 8 rings (SSSR count). The van der Waals surface area contributed by atoms with Crippen molar-refractivity contribution >= 4 is 26.2 Å². The van der Waals surface area contributed by atoms with Crippen LogP contribution in [0, 0.1) is 46.3 Å². The molecule has 4 bridgehead atoms. The molecule has 12 heteroatoms. The Bertz CT molecular complexity index is 986. The van der Waals surface area contributed by atoms with Gasteiger partial charge in [-0.1, -0.05) is 55.4 Å². The molecular weight excluding hydrogens is 586 g/mol. The number of carboxylic acid groups (broad SMARTS) is 2. The highest BCUT2D eigenvalue weighted by Gasteiger charge is 2.69. The maximum absolute atomic E-state index is 9.00. The lowest BCUT2D eigenvalue weighted by Gasteiger charge is -2.64. The molecular formula is C34H64B2N2O8. The van der Waals surface area contributed by atoms with Gasteiger partial charge in [0, 0.05) is 25.7 Å². The molecule has 0 radical (unpaired) electrons. The summed E-state index contributed by atoms with van der Waals surface area (Å²) >= 11 is 0. The van der Waals surface area contributed by atoms with Crippen molar-refractivity contribution in [1.82, 2.24) is 0 Å². The van der Waals surface area contributed by atoms with Gasteiger partial charge < -0.3 is 40.3 Å². The lowest BCUT2D eigenvalue weighted by Crippen LogP contribution is -2.65. The van der Waals surface area contributed by atoms with Crippen LogP contribution in [0.4, 0.5) is 0 Å². The van der Waals surface area contributed by atoms with E-state index in [1.54, 1.807) is 0 Å². The largest absolute Gasteiger partial charge is 0.481 e. The number of nitrogens with two attached hydrogens (primary N) is 2. The van der Waals surface area contributed by atoms with Crippen LogP contribution in [0.15, 0.2) is 0 Å². The van der Waals surface area contributed by atoms with Crippen molar-refractivity contribution in [3.05, 3.63) is 0 Å². The molecule has 0 aromatic heterocycles. The van der Waals surface area contributed by atoms with Gasteiger partial charge in [0.2, 0.25) is 0 Å². The van der Waals surface area contributed by atoms with Gasteiger partial charge in [-0.15, -0.1) is 0 Å². The molecule has 264 valence electrons. The molecule has 0 amide bonds. The van der Waals surface area contributed by atoms with E-state index in [0.29, 0.717) is 34.5 Å². The molecule has 2 aliphatic heterocycles. The first-order valence-corrected chi connectivity index (χ1v) is 17.5. The van der Waals surface area contributed by atoms with E-state index < -0.39 is 11.9 Å². The van der Waals surface area contributed by atoms with Crippen molar-refractivity contribution in [3.8, 4) is 0 Å².